The van der Waals surface area contributed by atoms with Gasteiger partial charge in [-0.15, -0.1) is 11.3 Å². The first kappa shape index (κ1) is 16.5. The predicted octanol–water partition coefficient (Wildman–Crippen LogP) is 3.15. The molecule has 0 spiro atoms. The van der Waals surface area contributed by atoms with Gasteiger partial charge in [-0.2, -0.15) is 0 Å². The molecule has 3 aromatic rings. The lowest BCUT2D eigenvalue weighted by molar-refractivity contribution is 0.102. The number of aliphatic imine (C=N–C) groups is 1. The predicted molar refractivity (Wildman–Crippen MR) is 97.8 cm³/mol. The monoisotopic (exact) mass is 356 g/mol. The maximum Gasteiger partial charge on any atom is 0.261 e. The summed E-state index contributed by atoms with van der Waals surface area (Å²) in [6.45, 7) is 1.85. The first-order valence-electron chi connectivity index (χ1n) is 7.21. The van der Waals surface area contributed by atoms with E-state index >= 15 is 0 Å². The van der Waals surface area contributed by atoms with Crippen LogP contribution in [0.15, 0.2) is 47.2 Å². The van der Waals surface area contributed by atoms with Gasteiger partial charge in [0.1, 0.15) is 11.5 Å². The van der Waals surface area contributed by atoms with Crippen LogP contribution in [0.1, 0.15) is 17.5 Å². The molecule has 0 fully saturated rings. The number of nitrogens with two attached hydrogens (primary N) is 1. The maximum atomic E-state index is 12.6. The summed E-state index contributed by atoms with van der Waals surface area (Å²) in [7, 11) is 0. The van der Waals surface area contributed by atoms with Gasteiger partial charge in [0, 0.05) is 13.0 Å². The van der Waals surface area contributed by atoms with Crippen molar-refractivity contribution >= 4 is 34.5 Å². The lowest BCUT2D eigenvalue weighted by atomic mass is 10.2. The van der Waals surface area contributed by atoms with E-state index in [4.69, 9.17) is 10.5 Å². The lowest BCUT2D eigenvalue weighted by Gasteiger charge is -2.09. The summed E-state index contributed by atoms with van der Waals surface area (Å²) in [5.41, 5.74) is 6.38. The Morgan fingerprint density at radius 2 is 2.32 bits per heavy atom. The molecule has 0 unspecified atom stereocenters. The number of ether oxygens (including phenoxy) is 1. The fraction of sp³-hybridized carbons (Fsp3) is 0.0625. The molecule has 9 heteroatoms. The highest BCUT2D eigenvalue weighted by Gasteiger charge is 2.16. The zero-order valence-electron chi connectivity index (χ0n) is 13.2. The summed E-state index contributed by atoms with van der Waals surface area (Å²) < 4.78 is 5.66. The van der Waals surface area contributed by atoms with Gasteiger partial charge < -0.3 is 10.5 Å². The molecule has 0 saturated heterocycles. The minimum atomic E-state index is -0.404. The summed E-state index contributed by atoms with van der Waals surface area (Å²) in [6.07, 6.45) is 5.73. The van der Waals surface area contributed by atoms with Gasteiger partial charge in [-0.1, -0.05) is 0 Å². The molecule has 0 aliphatic heterocycles. The van der Waals surface area contributed by atoms with Crippen LogP contribution in [-0.2, 0) is 0 Å². The number of rotatable bonds is 5. The Kier molecular flexibility index (Phi) is 4.95. The fourth-order valence-electron chi connectivity index (χ4n) is 1.95. The molecule has 25 heavy (non-hydrogen) atoms. The Labute approximate surface area is 148 Å². The molecule has 0 bridgehead atoms. The molecule has 3 heterocycles. The molecule has 0 aromatic carbocycles. The van der Waals surface area contributed by atoms with E-state index in [0.717, 1.165) is 12.0 Å². The molecule has 0 radical (unpaired) electrons. The Hall–Kier alpha value is -3.33. The number of aryl methyl sites for hydroxylation is 1. The van der Waals surface area contributed by atoms with Gasteiger partial charge in [-0.05, 0) is 25.1 Å². The van der Waals surface area contributed by atoms with Gasteiger partial charge in [0.25, 0.3) is 5.91 Å². The van der Waals surface area contributed by atoms with Crippen molar-refractivity contribution in [3.8, 4) is 11.5 Å². The van der Waals surface area contributed by atoms with Crippen LogP contribution in [0.4, 0.5) is 10.9 Å². The van der Waals surface area contributed by atoms with Crippen molar-refractivity contribution in [3.05, 3.63) is 53.4 Å². The van der Waals surface area contributed by atoms with E-state index in [2.05, 4.69) is 25.3 Å². The van der Waals surface area contributed by atoms with Crippen molar-refractivity contribution in [2.45, 2.75) is 6.92 Å². The quantitative estimate of drug-likeness (QED) is 0.536. The number of hydrogen-bond donors (Lipinski definition) is 2. The second-order valence-corrected chi connectivity index (χ2v) is 5.72. The average molecular weight is 356 g/mol. The van der Waals surface area contributed by atoms with Crippen LogP contribution in [0.25, 0.3) is 0 Å². The molecule has 1 amide bonds. The molecule has 0 saturated carbocycles. The van der Waals surface area contributed by atoms with E-state index in [9.17, 15) is 4.79 Å². The summed E-state index contributed by atoms with van der Waals surface area (Å²) in [4.78, 5) is 28.8. The lowest BCUT2D eigenvalue weighted by Crippen LogP contribution is -2.13. The highest BCUT2D eigenvalue weighted by atomic mass is 32.1. The molecule has 3 N–H and O–H groups in total. The zero-order valence-corrected chi connectivity index (χ0v) is 14.0. The summed E-state index contributed by atoms with van der Waals surface area (Å²) in [5.74, 6) is 0.691. The number of amides is 1. The number of hydrogen-bond acceptors (Lipinski definition) is 7. The number of anilines is 1. The number of thiazole rings is 1. The van der Waals surface area contributed by atoms with Crippen LogP contribution in [-0.4, -0.2) is 27.2 Å². The van der Waals surface area contributed by atoms with Crippen molar-refractivity contribution < 1.29 is 11.0 Å². The average Bonchev–Trinajstić information content (AvgIpc) is 3.02. The highest BCUT2D eigenvalue weighted by molar-refractivity contribution is 7.13. The van der Waals surface area contributed by atoms with Gasteiger partial charge in [0.15, 0.2) is 10.9 Å². The van der Waals surface area contributed by atoms with Crippen LogP contribution in [0.3, 0.4) is 0 Å². The Morgan fingerprint density at radius 3 is 3.00 bits per heavy atom. The van der Waals surface area contributed by atoms with Crippen LogP contribution in [0.2, 0.25) is 0 Å². The van der Waals surface area contributed by atoms with Crippen molar-refractivity contribution in [1.29, 1.82) is 0 Å². The van der Waals surface area contributed by atoms with Gasteiger partial charge in [0.2, 0.25) is 0 Å². The normalized spacial score (nSPS) is 10.8. The highest BCUT2D eigenvalue weighted by Crippen LogP contribution is 2.26. The second kappa shape index (κ2) is 7.49. The van der Waals surface area contributed by atoms with E-state index in [1.807, 2.05) is 12.3 Å². The van der Waals surface area contributed by atoms with Crippen LogP contribution in [0.5, 0.6) is 11.5 Å². The standard InChI is InChI=1S/C16H14N6O2S.H2/c1-10-8-25-16(21-10)22-15(23)13-5-12(7-19-14(13)20-9-17)24-11-3-2-4-18-6-11;/h2-9H,1H3,(H2,17,19,20)(H,21,22,23);1H. The van der Waals surface area contributed by atoms with Gasteiger partial charge >= 0.3 is 0 Å². The first-order chi connectivity index (χ1) is 12.2. The maximum absolute atomic E-state index is 12.6. The molecular formula is C16H16N6O2S. The summed E-state index contributed by atoms with van der Waals surface area (Å²) in [5, 5.41) is 5.05. The molecule has 0 aliphatic rings. The minimum absolute atomic E-state index is 0. The van der Waals surface area contributed by atoms with E-state index in [-0.39, 0.29) is 12.8 Å². The molecular weight excluding hydrogens is 340 g/mol. The van der Waals surface area contributed by atoms with E-state index in [1.165, 1.54) is 23.6 Å². The SMILES string of the molecule is Cc1csc(NC(=O)c2cc(Oc3cccnc3)cnc2/N=C\N)n1.[HH]. The zero-order chi connectivity index (χ0) is 17.6. The Morgan fingerprint density at radius 1 is 1.44 bits per heavy atom. The summed E-state index contributed by atoms with van der Waals surface area (Å²) >= 11 is 1.33. The van der Waals surface area contributed by atoms with Crippen LogP contribution >= 0.6 is 11.3 Å². The van der Waals surface area contributed by atoms with Crippen molar-refractivity contribution in [2.24, 2.45) is 10.7 Å². The largest absolute Gasteiger partial charge is 0.454 e. The topological polar surface area (TPSA) is 115 Å². The molecule has 0 atom stereocenters. The minimum Gasteiger partial charge on any atom is -0.454 e. The number of pyridine rings is 2. The third-order valence-corrected chi connectivity index (χ3v) is 3.87. The summed E-state index contributed by atoms with van der Waals surface area (Å²) in [6, 6.07) is 5.03. The van der Waals surface area contributed by atoms with Crippen LogP contribution in [0, 0.1) is 6.92 Å². The Bertz CT molecular complexity index is 916. The van der Waals surface area contributed by atoms with Crippen molar-refractivity contribution in [2.75, 3.05) is 5.32 Å². The van der Waals surface area contributed by atoms with Gasteiger partial charge in [0.05, 0.1) is 30.0 Å². The number of carbonyl (C=O) groups excluding carboxylic acids is 1. The van der Waals surface area contributed by atoms with Gasteiger partial charge in [-0.25, -0.2) is 15.0 Å². The molecule has 3 aromatic heterocycles. The molecule has 128 valence electrons. The van der Waals surface area contributed by atoms with Crippen molar-refractivity contribution in [1.82, 2.24) is 15.0 Å². The van der Waals surface area contributed by atoms with E-state index in [1.54, 1.807) is 24.5 Å². The molecule has 8 nitrogen and oxygen atoms in total. The smallest absolute Gasteiger partial charge is 0.261 e. The molecule has 0 aliphatic carbocycles. The first-order valence-corrected chi connectivity index (χ1v) is 8.09. The third kappa shape index (κ3) is 4.15. The molecule has 3 rings (SSSR count). The van der Waals surface area contributed by atoms with E-state index in [0.29, 0.717) is 16.6 Å². The number of nitrogens with zero attached hydrogens (tertiary/aromatic N) is 4. The Balaban J connectivity index is 0.00000243. The number of carbonyl (C=O) groups is 1. The second-order valence-electron chi connectivity index (χ2n) is 4.86. The van der Waals surface area contributed by atoms with Crippen LogP contribution < -0.4 is 15.8 Å². The van der Waals surface area contributed by atoms with E-state index < -0.39 is 5.91 Å². The number of aromatic nitrogens is 3. The van der Waals surface area contributed by atoms with Crippen molar-refractivity contribution in [3.63, 3.8) is 0 Å². The third-order valence-electron chi connectivity index (χ3n) is 2.99. The van der Waals surface area contributed by atoms with Gasteiger partial charge in [-0.3, -0.25) is 15.1 Å². The number of nitrogens with one attached hydrogen (secondary N) is 1. The fourth-order valence-corrected chi connectivity index (χ4v) is 2.64.